The van der Waals surface area contributed by atoms with Gasteiger partial charge in [0.25, 0.3) is 11.8 Å². The number of likely N-dealkylation sites (N-methyl/N-ethyl adjacent to an activating group) is 1. The van der Waals surface area contributed by atoms with Gasteiger partial charge in [0.05, 0.1) is 16.9 Å². The third kappa shape index (κ3) is 6.02. The molecular weight excluding hydrogens is 619 g/mol. The summed E-state index contributed by atoms with van der Waals surface area (Å²) in [6, 6.07) is 18.1. The Morgan fingerprint density at radius 1 is 1.02 bits per heavy atom. The van der Waals surface area contributed by atoms with Crippen LogP contribution < -0.4 is 14.9 Å². The number of benzene rings is 3. The smallest absolute Gasteiger partial charge is 0.339 e. The molecule has 1 aromatic heterocycles. The Morgan fingerprint density at radius 3 is 2.39 bits per heavy atom. The first-order chi connectivity index (χ1) is 20.8. The molecule has 230 valence electrons. The van der Waals surface area contributed by atoms with E-state index in [9.17, 15) is 31.2 Å². The van der Waals surface area contributed by atoms with Crippen molar-refractivity contribution in [2.75, 3.05) is 21.4 Å². The first kappa shape index (κ1) is 31.1. The minimum Gasteiger partial charge on any atom is -0.339 e. The molecule has 1 aliphatic heterocycles. The molecule has 0 saturated heterocycles. The first-order valence-corrected chi connectivity index (χ1v) is 15.6. The zero-order valence-electron chi connectivity index (χ0n) is 23.5. The van der Waals surface area contributed by atoms with Crippen LogP contribution in [-0.4, -0.2) is 47.8 Å². The van der Waals surface area contributed by atoms with E-state index in [1.807, 2.05) is 30.3 Å². The third-order valence-corrected chi connectivity index (χ3v) is 8.93. The van der Waals surface area contributed by atoms with Crippen molar-refractivity contribution in [3.05, 3.63) is 107 Å². The zero-order valence-corrected chi connectivity index (χ0v) is 25.0. The van der Waals surface area contributed by atoms with E-state index in [0.29, 0.717) is 28.3 Å². The van der Waals surface area contributed by atoms with E-state index in [1.165, 1.54) is 23.1 Å². The molecule has 44 heavy (non-hydrogen) atoms. The van der Waals surface area contributed by atoms with Gasteiger partial charge < -0.3 is 5.32 Å². The molecule has 1 aliphatic rings. The van der Waals surface area contributed by atoms with Crippen LogP contribution in [0.5, 0.6) is 0 Å². The van der Waals surface area contributed by atoms with Crippen LogP contribution in [0.3, 0.4) is 0 Å². The SMILES string of the molecule is CCN1C(=O)[C@@H](NC(=O)c2cccc(C(F)(F)F)c2)[C@@H](c2cccc(NS(=O)(=O)CCl)c2)c2c(C)nn(-c3ccccc3)c21. The van der Waals surface area contributed by atoms with Crippen molar-refractivity contribution in [1.29, 1.82) is 0 Å². The second kappa shape index (κ2) is 12.0. The molecule has 0 bridgehead atoms. The van der Waals surface area contributed by atoms with Crippen molar-refractivity contribution < 1.29 is 31.2 Å². The average Bonchev–Trinajstić information content (AvgIpc) is 3.33. The molecule has 2 amide bonds. The molecule has 0 radical (unpaired) electrons. The predicted molar refractivity (Wildman–Crippen MR) is 161 cm³/mol. The van der Waals surface area contributed by atoms with E-state index in [1.54, 1.807) is 30.7 Å². The summed E-state index contributed by atoms with van der Waals surface area (Å²) < 4.78 is 68.7. The number of carbonyl (C=O) groups excluding carboxylic acids is 2. The molecule has 5 rings (SSSR count). The molecule has 0 saturated carbocycles. The largest absolute Gasteiger partial charge is 0.416 e. The van der Waals surface area contributed by atoms with Crippen LogP contribution in [0, 0.1) is 6.92 Å². The van der Waals surface area contributed by atoms with Gasteiger partial charge in [0.2, 0.25) is 10.0 Å². The highest BCUT2D eigenvalue weighted by Gasteiger charge is 2.45. The van der Waals surface area contributed by atoms with Gasteiger partial charge >= 0.3 is 6.18 Å². The van der Waals surface area contributed by atoms with Gasteiger partial charge in [-0.2, -0.15) is 18.3 Å². The summed E-state index contributed by atoms with van der Waals surface area (Å²) in [5.74, 6) is -1.84. The lowest BCUT2D eigenvalue weighted by atomic mass is 9.81. The summed E-state index contributed by atoms with van der Waals surface area (Å²) in [5.41, 5.74) is 1.14. The van der Waals surface area contributed by atoms with Gasteiger partial charge in [-0.15, -0.1) is 11.6 Å². The number of hydrogen-bond donors (Lipinski definition) is 2. The Labute approximate surface area is 256 Å². The van der Waals surface area contributed by atoms with Crippen molar-refractivity contribution in [2.45, 2.75) is 32.0 Å². The fourth-order valence-electron chi connectivity index (χ4n) is 5.36. The first-order valence-electron chi connectivity index (χ1n) is 13.5. The number of amides is 2. The molecule has 2 N–H and O–H groups in total. The number of para-hydroxylation sites is 1. The monoisotopic (exact) mass is 645 g/mol. The van der Waals surface area contributed by atoms with Gasteiger partial charge in [0.1, 0.15) is 17.1 Å². The van der Waals surface area contributed by atoms with Crippen LogP contribution in [0.2, 0.25) is 0 Å². The lowest BCUT2D eigenvalue weighted by Crippen LogP contribution is -2.55. The lowest BCUT2D eigenvalue weighted by Gasteiger charge is -2.38. The molecule has 0 fully saturated rings. The number of halogens is 4. The van der Waals surface area contributed by atoms with E-state index in [4.69, 9.17) is 16.7 Å². The summed E-state index contributed by atoms with van der Waals surface area (Å²) in [6.45, 7) is 3.70. The zero-order chi connectivity index (χ0) is 31.8. The van der Waals surface area contributed by atoms with Gasteiger partial charge in [-0.05, 0) is 61.9 Å². The van der Waals surface area contributed by atoms with Crippen LogP contribution >= 0.6 is 11.6 Å². The Kier molecular flexibility index (Phi) is 8.45. The van der Waals surface area contributed by atoms with Crippen LogP contribution in [-0.2, 0) is 21.0 Å². The highest BCUT2D eigenvalue weighted by Crippen LogP contribution is 2.44. The standard InChI is InChI=1S/C30H27ClF3N5O4S/c1-3-38-28-24(18(2)36-39(28)23-13-5-4-6-14-23)25(19-9-8-12-22(16-19)37-44(42,43)17-31)26(29(38)41)35-27(40)20-10-7-11-21(15-20)30(32,33)34/h4-16,25-26,37H,3,17H2,1-2H3,(H,35,40)/t25-,26-/m0/s1. The maximum absolute atomic E-state index is 14.2. The van der Waals surface area contributed by atoms with Gasteiger partial charge in [-0.25, -0.2) is 13.1 Å². The molecule has 9 nitrogen and oxygen atoms in total. The molecule has 0 spiro atoms. The molecule has 14 heteroatoms. The second-order valence-corrected chi connectivity index (χ2v) is 12.4. The molecule has 2 atom stereocenters. The number of nitrogens with one attached hydrogen (secondary N) is 2. The van der Waals surface area contributed by atoms with E-state index < -0.39 is 50.7 Å². The molecular formula is C30H27ClF3N5O4S. The van der Waals surface area contributed by atoms with Gasteiger partial charge in [-0.3, -0.25) is 19.2 Å². The van der Waals surface area contributed by atoms with E-state index >= 15 is 0 Å². The topological polar surface area (TPSA) is 113 Å². The average molecular weight is 646 g/mol. The van der Waals surface area contributed by atoms with Crippen molar-refractivity contribution in [2.24, 2.45) is 0 Å². The minimum atomic E-state index is -4.67. The summed E-state index contributed by atoms with van der Waals surface area (Å²) >= 11 is 5.58. The maximum atomic E-state index is 14.2. The van der Waals surface area contributed by atoms with Gasteiger partial charge in [-0.1, -0.05) is 36.4 Å². The van der Waals surface area contributed by atoms with Gasteiger partial charge in [0, 0.05) is 29.3 Å². The number of hydrogen-bond acceptors (Lipinski definition) is 5. The number of anilines is 2. The summed E-state index contributed by atoms with van der Waals surface area (Å²) in [6.07, 6.45) is -4.67. The fourth-order valence-corrected chi connectivity index (χ4v) is 6.06. The van der Waals surface area contributed by atoms with E-state index in [-0.39, 0.29) is 17.8 Å². The van der Waals surface area contributed by atoms with Crippen LogP contribution in [0.15, 0.2) is 78.9 Å². The molecule has 0 unspecified atom stereocenters. The number of nitrogens with zero attached hydrogens (tertiary/aromatic N) is 3. The number of carbonyl (C=O) groups is 2. The second-order valence-electron chi connectivity index (χ2n) is 10.1. The van der Waals surface area contributed by atoms with Crippen LogP contribution in [0.1, 0.15) is 45.6 Å². The third-order valence-electron chi connectivity index (χ3n) is 7.23. The Morgan fingerprint density at radius 2 is 1.73 bits per heavy atom. The number of fused-ring (bicyclic) bond motifs is 1. The van der Waals surface area contributed by atoms with Crippen molar-refractivity contribution >= 4 is 44.9 Å². The fraction of sp³-hybridized carbons (Fsp3) is 0.233. The predicted octanol–water partition coefficient (Wildman–Crippen LogP) is 5.43. The number of rotatable bonds is 8. The molecule has 4 aromatic rings. The number of aromatic nitrogens is 2. The van der Waals surface area contributed by atoms with E-state index in [0.717, 1.165) is 18.2 Å². The highest BCUT2D eigenvalue weighted by atomic mass is 35.5. The summed E-state index contributed by atoms with van der Waals surface area (Å²) in [5, 5.41) is 6.72. The van der Waals surface area contributed by atoms with Crippen molar-refractivity contribution in [3.8, 4) is 5.69 Å². The van der Waals surface area contributed by atoms with Crippen LogP contribution in [0.4, 0.5) is 24.7 Å². The Hall–Kier alpha value is -4.36. The molecule has 0 aliphatic carbocycles. The highest BCUT2D eigenvalue weighted by molar-refractivity contribution is 7.93. The van der Waals surface area contributed by atoms with Crippen molar-refractivity contribution in [1.82, 2.24) is 15.1 Å². The Bertz CT molecular complexity index is 1830. The normalized spacial score (nSPS) is 16.9. The Balaban J connectivity index is 1.68. The summed E-state index contributed by atoms with van der Waals surface area (Å²) in [7, 11) is -3.87. The number of aryl methyl sites for hydroxylation is 1. The van der Waals surface area contributed by atoms with Crippen molar-refractivity contribution in [3.63, 3.8) is 0 Å². The van der Waals surface area contributed by atoms with E-state index in [2.05, 4.69) is 10.0 Å². The summed E-state index contributed by atoms with van der Waals surface area (Å²) in [4.78, 5) is 29.1. The maximum Gasteiger partial charge on any atom is 0.416 e. The van der Waals surface area contributed by atoms with Gasteiger partial charge in [0.15, 0.2) is 0 Å². The molecule has 3 aromatic carbocycles. The lowest BCUT2D eigenvalue weighted by molar-refractivity contribution is -0.137. The number of alkyl halides is 4. The minimum absolute atomic E-state index is 0.172. The van der Waals surface area contributed by atoms with Crippen LogP contribution in [0.25, 0.3) is 5.69 Å². The molecule has 2 heterocycles. The quantitative estimate of drug-likeness (QED) is 0.248. The number of sulfonamides is 1.